The van der Waals surface area contributed by atoms with E-state index in [9.17, 15) is 4.39 Å². The van der Waals surface area contributed by atoms with Gasteiger partial charge in [-0.3, -0.25) is 0 Å². The zero-order valence-corrected chi connectivity index (χ0v) is 5.43. The predicted molar refractivity (Wildman–Crippen MR) is 30.5 cm³/mol. The van der Waals surface area contributed by atoms with Crippen LogP contribution in [0.25, 0.3) is 0 Å². The summed E-state index contributed by atoms with van der Waals surface area (Å²) in [5, 5.41) is 0. The Hall–Kier alpha value is 0.540. The third-order valence-corrected chi connectivity index (χ3v) is 0.630. The van der Waals surface area contributed by atoms with Gasteiger partial charge in [-0.2, -0.15) is 0 Å². The molecule has 0 unspecified atom stereocenters. The fraction of sp³-hybridized carbons (Fsp3) is 0.333. The number of halogens is 4. The molecule has 0 N–H and O–H groups in total. The topological polar surface area (TPSA) is 0 Å². The van der Waals surface area contributed by atoms with E-state index in [4.69, 9.17) is 34.8 Å². The van der Waals surface area contributed by atoms with Crippen molar-refractivity contribution in [2.45, 2.75) is 3.79 Å². The maximum atomic E-state index is 11.1. The summed E-state index contributed by atoms with van der Waals surface area (Å²) in [6.07, 6.45) is 1.00. The minimum Gasteiger partial charge on any atom is -0.216 e. The molecule has 0 fully saturated rings. The van der Waals surface area contributed by atoms with Gasteiger partial charge in [-0.05, 0) is 6.08 Å². The molecule has 0 aromatic heterocycles. The van der Waals surface area contributed by atoms with Gasteiger partial charge in [-0.1, -0.05) is 34.8 Å². The molecule has 0 aliphatic heterocycles. The van der Waals surface area contributed by atoms with E-state index in [1.807, 2.05) is 0 Å². The molecule has 0 spiro atoms. The van der Waals surface area contributed by atoms with Crippen molar-refractivity contribution in [2.75, 3.05) is 0 Å². The monoisotopic (exact) mass is 162 g/mol. The van der Waals surface area contributed by atoms with E-state index in [-0.39, 0.29) is 6.33 Å². The highest BCUT2D eigenvalue weighted by atomic mass is 35.6. The van der Waals surface area contributed by atoms with Crippen LogP contribution in [-0.4, -0.2) is 3.79 Å². The quantitative estimate of drug-likeness (QED) is 0.482. The van der Waals surface area contributed by atoms with E-state index in [0.717, 1.165) is 6.08 Å². The van der Waals surface area contributed by atoms with Gasteiger partial charge >= 0.3 is 0 Å². The van der Waals surface area contributed by atoms with Gasteiger partial charge in [-0.15, -0.1) is 0 Å². The summed E-state index contributed by atoms with van der Waals surface area (Å²) >= 11 is 15.1. The Kier molecular flexibility index (Phi) is 2.96. The predicted octanol–water partition coefficient (Wildman–Crippen LogP) is 2.84. The van der Waals surface area contributed by atoms with Gasteiger partial charge in [0.15, 0.2) is 0 Å². The molecule has 0 aromatic carbocycles. The van der Waals surface area contributed by atoms with Crippen molar-refractivity contribution in [3.05, 3.63) is 12.4 Å². The molecule has 0 saturated heterocycles. The molecule has 0 radical (unpaired) electrons. The summed E-state index contributed by atoms with van der Waals surface area (Å²) in [5.74, 6) is 0. The molecule has 0 nitrogen and oxygen atoms in total. The van der Waals surface area contributed by atoms with E-state index >= 15 is 0 Å². The number of hydrogen-bond acceptors (Lipinski definition) is 0. The van der Waals surface area contributed by atoms with Crippen molar-refractivity contribution >= 4 is 34.8 Å². The average molecular weight is 163 g/mol. The summed E-state index contributed by atoms with van der Waals surface area (Å²) in [6.45, 7) is 0. The smallest absolute Gasteiger partial charge is 0.211 e. The normalized spacial score (nSPS) is 13.1. The minimum absolute atomic E-state index is 0.188. The van der Waals surface area contributed by atoms with Gasteiger partial charge in [0.05, 0.1) is 6.33 Å². The minimum atomic E-state index is -1.59. The average Bonchev–Trinajstić information content (AvgIpc) is 1.30. The van der Waals surface area contributed by atoms with E-state index < -0.39 is 3.79 Å². The molecular weight excluding hydrogens is 161 g/mol. The molecule has 0 atom stereocenters. The van der Waals surface area contributed by atoms with Gasteiger partial charge in [0, 0.05) is 0 Å². The van der Waals surface area contributed by atoms with Crippen LogP contribution in [0.4, 0.5) is 4.39 Å². The number of allylic oxidation sites excluding steroid dienone is 1. The van der Waals surface area contributed by atoms with Crippen molar-refractivity contribution < 1.29 is 4.39 Å². The number of rotatable bonds is 0. The largest absolute Gasteiger partial charge is 0.216 e. The van der Waals surface area contributed by atoms with E-state index in [0.29, 0.717) is 0 Å². The number of alkyl halides is 3. The van der Waals surface area contributed by atoms with Gasteiger partial charge in [0.25, 0.3) is 0 Å². The first kappa shape index (κ1) is 7.54. The maximum Gasteiger partial charge on any atom is 0.211 e. The van der Waals surface area contributed by atoms with Gasteiger partial charge < -0.3 is 0 Å². The summed E-state index contributed by atoms with van der Waals surface area (Å²) in [5.41, 5.74) is 0. The second kappa shape index (κ2) is 2.75. The third kappa shape index (κ3) is 6.54. The highest BCUT2D eigenvalue weighted by Gasteiger charge is 2.13. The molecule has 0 bridgehead atoms. The first-order valence-electron chi connectivity index (χ1n) is 1.41. The molecule has 4 heteroatoms. The molecule has 42 valence electrons. The molecule has 0 aliphatic carbocycles. The Bertz CT molecular complexity index is 72.7. The summed E-state index contributed by atoms with van der Waals surface area (Å²) in [4.78, 5) is 0. The zero-order valence-electron chi connectivity index (χ0n) is 3.17. The van der Waals surface area contributed by atoms with E-state index in [1.54, 1.807) is 0 Å². The van der Waals surface area contributed by atoms with Crippen molar-refractivity contribution in [3.8, 4) is 0 Å². The maximum absolute atomic E-state index is 11.1. The van der Waals surface area contributed by atoms with Crippen molar-refractivity contribution in [3.63, 3.8) is 0 Å². The Labute approximate surface area is 55.9 Å². The second-order valence-electron chi connectivity index (χ2n) is 0.834. The molecule has 0 aliphatic rings. The van der Waals surface area contributed by atoms with Crippen molar-refractivity contribution in [1.82, 2.24) is 0 Å². The molecule has 0 rings (SSSR count). The fourth-order valence-corrected chi connectivity index (χ4v) is 0.214. The first-order chi connectivity index (χ1) is 3.06. The van der Waals surface area contributed by atoms with Crippen LogP contribution in [0.15, 0.2) is 12.4 Å². The lowest BCUT2D eigenvalue weighted by molar-refractivity contribution is 0.717. The van der Waals surface area contributed by atoms with Crippen LogP contribution in [0.2, 0.25) is 0 Å². The van der Waals surface area contributed by atoms with Crippen LogP contribution in [0.5, 0.6) is 0 Å². The lowest BCUT2D eigenvalue weighted by atomic mass is 10.7. The SMILES string of the molecule is F/C=C/C(Cl)(Cl)Cl. The summed E-state index contributed by atoms with van der Waals surface area (Å²) < 4.78 is 9.47. The summed E-state index contributed by atoms with van der Waals surface area (Å²) in [7, 11) is 0. The highest BCUT2D eigenvalue weighted by Crippen LogP contribution is 2.26. The van der Waals surface area contributed by atoms with Crippen LogP contribution in [0, 0.1) is 0 Å². The molecule has 0 amide bonds. The molecule has 7 heavy (non-hydrogen) atoms. The highest BCUT2D eigenvalue weighted by molar-refractivity contribution is 6.68. The molecule has 0 aromatic rings. The molecule has 0 saturated carbocycles. The van der Waals surface area contributed by atoms with Crippen LogP contribution in [-0.2, 0) is 0 Å². The van der Waals surface area contributed by atoms with Crippen molar-refractivity contribution in [2.24, 2.45) is 0 Å². The fourth-order valence-electron chi connectivity index (χ4n) is 0.0714. The Morgan fingerprint density at radius 3 is 1.71 bits per heavy atom. The van der Waals surface area contributed by atoms with Crippen LogP contribution in [0.3, 0.4) is 0 Å². The van der Waals surface area contributed by atoms with Crippen molar-refractivity contribution in [1.29, 1.82) is 0 Å². The lowest BCUT2D eigenvalue weighted by Gasteiger charge is -1.98. The van der Waals surface area contributed by atoms with E-state index in [1.165, 1.54) is 0 Å². The lowest BCUT2D eigenvalue weighted by Crippen LogP contribution is -1.92. The Morgan fingerprint density at radius 1 is 1.29 bits per heavy atom. The molecular formula is C3H2Cl3F. The summed E-state index contributed by atoms with van der Waals surface area (Å²) in [6, 6.07) is 0. The third-order valence-electron chi connectivity index (χ3n) is 0.252. The van der Waals surface area contributed by atoms with Gasteiger partial charge in [-0.25, -0.2) is 4.39 Å². The Balaban J connectivity index is 3.56. The number of hydrogen-bond donors (Lipinski definition) is 0. The van der Waals surface area contributed by atoms with Crippen LogP contribution >= 0.6 is 34.8 Å². The van der Waals surface area contributed by atoms with Gasteiger partial charge in [0.2, 0.25) is 3.79 Å². The standard InChI is InChI=1S/C3H2Cl3F/c4-3(5,6)1-2-7/h1-2H/b2-1+. The van der Waals surface area contributed by atoms with Crippen LogP contribution in [0.1, 0.15) is 0 Å². The first-order valence-corrected chi connectivity index (χ1v) is 2.54. The van der Waals surface area contributed by atoms with Crippen LogP contribution < -0.4 is 0 Å². The zero-order chi connectivity index (χ0) is 5.91. The van der Waals surface area contributed by atoms with Gasteiger partial charge in [0.1, 0.15) is 0 Å². The molecule has 0 heterocycles. The van der Waals surface area contributed by atoms with E-state index in [2.05, 4.69) is 0 Å². The second-order valence-corrected chi connectivity index (χ2v) is 3.20. The Morgan fingerprint density at radius 2 is 1.71 bits per heavy atom.